The summed E-state index contributed by atoms with van der Waals surface area (Å²) in [6.45, 7) is 0. The van der Waals surface area contributed by atoms with Crippen molar-refractivity contribution in [1.29, 1.82) is 0 Å². The summed E-state index contributed by atoms with van der Waals surface area (Å²) in [5.74, 6) is 0. The first-order chi connectivity index (χ1) is 0. The Labute approximate surface area is 76.7 Å². The molecule has 0 rings (SSSR count). The van der Waals surface area contributed by atoms with Gasteiger partial charge in [0.2, 0.25) is 0 Å². The van der Waals surface area contributed by atoms with E-state index in [1.165, 1.54) is 0 Å². The molecule has 3 radical (unpaired) electrons. The number of hydrogen-bond acceptors (Lipinski definition) is 0. The van der Waals surface area contributed by atoms with Crippen LogP contribution in [0.2, 0.25) is 0 Å². The smallest absolute Gasteiger partial charge is 0 e. The van der Waals surface area contributed by atoms with Crippen molar-refractivity contribution in [3.8, 4) is 0 Å². The van der Waals surface area contributed by atoms with Gasteiger partial charge in [0.15, 0.2) is 0 Å². The molecule has 0 bridgehead atoms. The molecular formula is C3H9CuLi2-3. The average molecular weight is 123 g/mol. The number of rotatable bonds is 0. The summed E-state index contributed by atoms with van der Waals surface area (Å²) < 4.78 is 0. The van der Waals surface area contributed by atoms with E-state index in [4.69, 9.17) is 0 Å². The van der Waals surface area contributed by atoms with Crippen LogP contribution < -0.4 is 0 Å². The van der Waals surface area contributed by atoms with Crippen LogP contribution in [0.3, 0.4) is 0 Å². The Morgan fingerprint density at radius 3 is 0.500 bits per heavy atom. The fourth-order valence-electron chi connectivity index (χ4n) is 0. The van der Waals surface area contributed by atoms with Gasteiger partial charge in [0.05, 0.1) is 0 Å². The predicted molar refractivity (Wildman–Crippen MR) is 30.7 cm³/mol. The monoisotopic (exact) mass is 122 g/mol. The summed E-state index contributed by atoms with van der Waals surface area (Å²) in [5, 5.41) is 0. The first-order valence-electron chi connectivity index (χ1n) is 0. The van der Waals surface area contributed by atoms with Crippen LogP contribution in [-0.2, 0) is 17.1 Å². The van der Waals surface area contributed by atoms with Gasteiger partial charge in [-0.1, -0.05) is 0 Å². The van der Waals surface area contributed by atoms with E-state index >= 15 is 0 Å². The molecule has 0 saturated heterocycles. The second-order valence-electron chi connectivity index (χ2n) is 0. The zero-order valence-electron chi connectivity index (χ0n) is 5.30. The van der Waals surface area contributed by atoms with Crippen molar-refractivity contribution in [2.24, 2.45) is 0 Å². The second kappa shape index (κ2) is 74.6. The van der Waals surface area contributed by atoms with Gasteiger partial charge in [-0.05, 0) is 0 Å². The Kier molecular flexibility index (Phi) is 1470. The van der Waals surface area contributed by atoms with Crippen LogP contribution in [0, 0.1) is 22.3 Å². The molecule has 0 heterocycles. The van der Waals surface area contributed by atoms with Crippen LogP contribution in [0.4, 0.5) is 0 Å². The third-order valence-corrected chi connectivity index (χ3v) is 0. The molecule has 0 aliphatic rings. The Balaban J connectivity index is 0. The van der Waals surface area contributed by atoms with Crippen molar-refractivity contribution in [2.75, 3.05) is 0 Å². The van der Waals surface area contributed by atoms with Crippen molar-refractivity contribution < 1.29 is 17.1 Å². The van der Waals surface area contributed by atoms with Gasteiger partial charge in [-0.3, -0.25) is 0 Å². The molecule has 0 aliphatic heterocycles. The van der Waals surface area contributed by atoms with Crippen molar-refractivity contribution >= 4 is 37.7 Å². The molecule has 0 aromatic heterocycles. The van der Waals surface area contributed by atoms with E-state index in [2.05, 4.69) is 0 Å². The van der Waals surface area contributed by atoms with Gasteiger partial charge in [-0.25, -0.2) is 0 Å². The molecule has 0 unspecified atom stereocenters. The van der Waals surface area contributed by atoms with Gasteiger partial charge >= 0.3 is 0 Å². The summed E-state index contributed by atoms with van der Waals surface area (Å²) in [6, 6.07) is 0. The van der Waals surface area contributed by atoms with Crippen LogP contribution in [0.1, 0.15) is 0 Å². The maximum atomic E-state index is 0. The first kappa shape index (κ1) is 118. The molecule has 0 N–H and O–H groups in total. The minimum absolute atomic E-state index is 0. The fraction of sp³-hybridized carbons (Fsp3) is 0. The molecule has 6 heavy (non-hydrogen) atoms. The SMILES string of the molecule is [CH3-].[CH3-].[CH3-].[Cu].[Li].[Li]. The molecule has 3 heteroatoms. The molecule has 0 nitrogen and oxygen atoms in total. The molecule has 0 fully saturated rings. The zero-order valence-corrected chi connectivity index (χ0v) is 6.24. The summed E-state index contributed by atoms with van der Waals surface area (Å²) in [7, 11) is 0. The Hall–Kier alpha value is 1.71. The van der Waals surface area contributed by atoms with E-state index in [9.17, 15) is 0 Å². The minimum atomic E-state index is 0. The van der Waals surface area contributed by atoms with Gasteiger partial charge in [0.1, 0.15) is 0 Å². The van der Waals surface area contributed by atoms with E-state index in [-0.39, 0.29) is 77.1 Å². The van der Waals surface area contributed by atoms with Crippen LogP contribution in [-0.4, -0.2) is 37.7 Å². The van der Waals surface area contributed by atoms with Crippen molar-refractivity contribution in [2.45, 2.75) is 0 Å². The van der Waals surface area contributed by atoms with Gasteiger partial charge < -0.3 is 22.3 Å². The molecule has 0 aromatic carbocycles. The van der Waals surface area contributed by atoms with Crippen molar-refractivity contribution in [3.63, 3.8) is 0 Å². The van der Waals surface area contributed by atoms with Gasteiger partial charge in [0, 0.05) is 54.8 Å². The largest absolute Gasteiger partial charge is 0.358 e. The molecule has 0 aromatic rings. The normalized spacial score (nSPS) is 0. The molecular weight excluding hydrogens is 113 g/mol. The van der Waals surface area contributed by atoms with Crippen molar-refractivity contribution in [3.05, 3.63) is 22.3 Å². The third kappa shape index (κ3) is 43.2. The predicted octanol–water partition coefficient (Wildman–Crippen LogP) is 0.587. The topological polar surface area (TPSA) is 0 Å². The van der Waals surface area contributed by atoms with E-state index in [0.29, 0.717) is 0 Å². The van der Waals surface area contributed by atoms with Crippen LogP contribution in [0.25, 0.3) is 0 Å². The summed E-state index contributed by atoms with van der Waals surface area (Å²) >= 11 is 0. The van der Waals surface area contributed by atoms with E-state index < -0.39 is 0 Å². The minimum Gasteiger partial charge on any atom is -0.358 e. The molecule has 37 valence electrons. The Morgan fingerprint density at radius 2 is 0.500 bits per heavy atom. The van der Waals surface area contributed by atoms with Crippen LogP contribution in [0.15, 0.2) is 0 Å². The summed E-state index contributed by atoms with van der Waals surface area (Å²) in [6.07, 6.45) is 0. The fourth-order valence-corrected chi connectivity index (χ4v) is 0. The standard InChI is InChI=1S/3CH3.Cu.2Li/h3*1H3;;;/q3*-1;;;. The molecule has 0 aliphatic carbocycles. The quantitative estimate of drug-likeness (QED) is 0.326. The molecule has 0 atom stereocenters. The van der Waals surface area contributed by atoms with Crippen LogP contribution in [0.5, 0.6) is 0 Å². The Bertz CT molecular complexity index is 8.75. The van der Waals surface area contributed by atoms with Crippen molar-refractivity contribution in [1.82, 2.24) is 0 Å². The second-order valence-corrected chi connectivity index (χ2v) is 0. The molecule has 0 spiro atoms. The maximum Gasteiger partial charge on any atom is 0 e. The average Bonchev–Trinajstić information content (AvgIpc) is 0. The molecule has 0 saturated carbocycles. The van der Waals surface area contributed by atoms with Crippen LogP contribution >= 0.6 is 0 Å². The van der Waals surface area contributed by atoms with Gasteiger partial charge in [-0.15, -0.1) is 0 Å². The van der Waals surface area contributed by atoms with Gasteiger partial charge in [0.25, 0.3) is 0 Å². The maximum absolute atomic E-state index is 0. The van der Waals surface area contributed by atoms with E-state index in [1.54, 1.807) is 0 Å². The summed E-state index contributed by atoms with van der Waals surface area (Å²) in [4.78, 5) is 0. The Morgan fingerprint density at radius 1 is 0.500 bits per heavy atom. The zero-order chi connectivity index (χ0) is 0. The first-order valence-corrected chi connectivity index (χ1v) is 0. The number of hydrogen-bond donors (Lipinski definition) is 0. The van der Waals surface area contributed by atoms with E-state index in [1.807, 2.05) is 0 Å². The van der Waals surface area contributed by atoms with Gasteiger partial charge in [-0.2, -0.15) is 0 Å². The molecule has 0 amide bonds. The van der Waals surface area contributed by atoms with E-state index in [0.717, 1.165) is 0 Å². The third-order valence-electron chi connectivity index (χ3n) is 0. The summed E-state index contributed by atoms with van der Waals surface area (Å²) in [5.41, 5.74) is 0.